The second kappa shape index (κ2) is 6.54. The van der Waals surface area contributed by atoms with Crippen molar-refractivity contribution in [1.29, 1.82) is 0 Å². The Hall–Kier alpha value is -1.46. The molecule has 2 aliphatic rings. The van der Waals surface area contributed by atoms with Crippen molar-refractivity contribution in [2.24, 2.45) is 11.7 Å². The van der Waals surface area contributed by atoms with E-state index < -0.39 is 0 Å². The third-order valence-corrected chi connectivity index (χ3v) is 4.62. The zero-order valence-electron chi connectivity index (χ0n) is 12.4. The molecule has 0 unspecified atom stereocenters. The Morgan fingerprint density at radius 2 is 2.05 bits per heavy atom. The van der Waals surface area contributed by atoms with Crippen LogP contribution in [0.1, 0.15) is 25.0 Å². The molecule has 1 amide bonds. The minimum absolute atomic E-state index is 0.169. The average molecular weight is 288 g/mol. The Labute approximate surface area is 126 Å². The summed E-state index contributed by atoms with van der Waals surface area (Å²) < 4.78 is 0. The van der Waals surface area contributed by atoms with Crippen LogP contribution in [-0.4, -0.2) is 52.9 Å². The van der Waals surface area contributed by atoms with Gasteiger partial charge in [0.05, 0.1) is 5.69 Å². The van der Waals surface area contributed by atoms with E-state index in [1.165, 1.54) is 0 Å². The van der Waals surface area contributed by atoms with Gasteiger partial charge in [0.2, 0.25) is 5.91 Å². The summed E-state index contributed by atoms with van der Waals surface area (Å²) in [5.41, 5.74) is 7.01. The third-order valence-electron chi connectivity index (χ3n) is 4.62. The van der Waals surface area contributed by atoms with Gasteiger partial charge in [-0.25, -0.2) is 0 Å². The van der Waals surface area contributed by atoms with Gasteiger partial charge in [0.1, 0.15) is 0 Å². The summed E-state index contributed by atoms with van der Waals surface area (Å²) in [6.07, 6.45) is 4.66. The summed E-state index contributed by atoms with van der Waals surface area (Å²) in [4.78, 5) is 21.2. The molecule has 0 spiro atoms. The Balaban J connectivity index is 1.47. The zero-order chi connectivity index (χ0) is 14.7. The molecule has 21 heavy (non-hydrogen) atoms. The van der Waals surface area contributed by atoms with Gasteiger partial charge >= 0.3 is 0 Å². The van der Waals surface area contributed by atoms with Crippen molar-refractivity contribution in [3.8, 4) is 0 Å². The van der Waals surface area contributed by atoms with E-state index in [4.69, 9.17) is 5.73 Å². The molecule has 1 saturated carbocycles. The van der Waals surface area contributed by atoms with E-state index in [0.29, 0.717) is 5.91 Å². The normalized spacial score (nSPS) is 27.0. The number of pyridine rings is 1. The second-order valence-electron chi connectivity index (χ2n) is 6.19. The third kappa shape index (κ3) is 3.60. The summed E-state index contributed by atoms with van der Waals surface area (Å²) in [5, 5.41) is 0. The number of aromatic nitrogens is 1. The van der Waals surface area contributed by atoms with Crippen LogP contribution in [0.3, 0.4) is 0 Å². The molecule has 5 heteroatoms. The van der Waals surface area contributed by atoms with Crippen LogP contribution in [0.5, 0.6) is 0 Å². The van der Waals surface area contributed by atoms with Crippen molar-refractivity contribution in [2.45, 2.75) is 31.8 Å². The van der Waals surface area contributed by atoms with Crippen molar-refractivity contribution in [3.05, 3.63) is 30.1 Å². The first-order valence-electron chi connectivity index (χ1n) is 7.89. The predicted octanol–water partition coefficient (Wildman–Crippen LogP) is 0.853. The van der Waals surface area contributed by atoms with Crippen LogP contribution in [0, 0.1) is 5.92 Å². The molecule has 3 rings (SSSR count). The highest BCUT2D eigenvalue weighted by Gasteiger charge is 2.32. The fourth-order valence-corrected chi connectivity index (χ4v) is 3.35. The van der Waals surface area contributed by atoms with Gasteiger partial charge in [-0.05, 0) is 31.4 Å². The summed E-state index contributed by atoms with van der Waals surface area (Å²) in [5.74, 6) is 0.489. The van der Waals surface area contributed by atoms with Crippen molar-refractivity contribution in [2.75, 3.05) is 26.2 Å². The number of nitrogens with zero attached hydrogens (tertiary/aromatic N) is 3. The van der Waals surface area contributed by atoms with Crippen LogP contribution >= 0.6 is 0 Å². The maximum atomic E-state index is 12.5. The molecule has 114 valence electrons. The lowest BCUT2D eigenvalue weighted by molar-refractivity contribution is -0.137. The smallest absolute Gasteiger partial charge is 0.225 e. The predicted molar refractivity (Wildman–Crippen MR) is 81.4 cm³/mol. The van der Waals surface area contributed by atoms with Crippen LogP contribution in [0.25, 0.3) is 0 Å². The molecule has 1 aliphatic heterocycles. The van der Waals surface area contributed by atoms with Gasteiger partial charge in [-0.2, -0.15) is 0 Å². The summed E-state index contributed by atoms with van der Waals surface area (Å²) >= 11 is 0. The molecule has 1 saturated heterocycles. The van der Waals surface area contributed by atoms with Crippen LogP contribution in [-0.2, 0) is 11.3 Å². The SMILES string of the molecule is N[C@H]1CC[C@H](C(=O)N2CCN(Cc3ccccn3)CC2)C1. The van der Waals surface area contributed by atoms with Gasteiger partial charge in [0, 0.05) is 50.9 Å². The molecule has 1 aliphatic carbocycles. The Kier molecular flexibility index (Phi) is 4.51. The van der Waals surface area contributed by atoms with Gasteiger partial charge < -0.3 is 10.6 Å². The molecular weight excluding hydrogens is 264 g/mol. The number of rotatable bonds is 3. The second-order valence-corrected chi connectivity index (χ2v) is 6.19. The van der Waals surface area contributed by atoms with Gasteiger partial charge in [-0.15, -0.1) is 0 Å². The van der Waals surface area contributed by atoms with E-state index in [2.05, 4.69) is 16.0 Å². The Morgan fingerprint density at radius 1 is 1.24 bits per heavy atom. The fourth-order valence-electron chi connectivity index (χ4n) is 3.35. The van der Waals surface area contributed by atoms with E-state index in [1.807, 2.05) is 23.2 Å². The van der Waals surface area contributed by atoms with Crippen LogP contribution in [0.15, 0.2) is 24.4 Å². The molecule has 0 radical (unpaired) electrons. The van der Waals surface area contributed by atoms with Crippen LogP contribution in [0.4, 0.5) is 0 Å². The lowest BCUT2D eigenvalue weighted by Crippen LogP contribution is -2.49. The summed E-state index contributed by atoms with van der Waals surface area (Å²) in [6.45, 7) is 4.40. The topological polar surface area (TPSA) is 62.5 Å². The molecule has 1 aromatic rings. The number of hydrogen-bond acceptors (Lipinski definition) is 4. The number of carbonyl (C=O) groups excluding carboxylic acids is 1. The van der Waals surface area contributed by atoms with Crippen molar-refractivity contribution in [1.82, 2.24) is 14.8 Å². The minimum Gasteiger partial charge on any atom is -0.340 e. The number of amides is 1. The molecule has 5 nitrogen and oxygen atoms in total. The molecular formula is C16H24N4O. The van der Waals surface area contributed by atoms with Gasteiger partial charge in [0.15, 0.2) is 0 Å². The molecule has 0 bridgehead atoms. The highest BCUT2D eigenvalue weighted by atomic mass is 16.2. The van der Waals surface area contributed by atoms with Crippen LogP contribution in [0.2, 0.25) is 0 Å². The lowest BCUT2D eigenvalue weighted by atomic mass is 10.1. The first kappa shape index (κ1) is 14.5. The molecule has 1 aromatic heterocycles. The van der Waals surface area contributed by atoms with Crippen molar-refractivity contribution >= 4 is 5.91 Å². The van der Waals surface area contributed by atoms with Gasteiger partial charge in [-0.3, -0.25) is 14.7 Å². The first-order chi connectivity index (χ1) is 10.2. The summed E-state index contributed by atoms with van der Waals surface area (Å²) in [6, 6.07) is 6.24. The van der Waals surface area contributed by atoms with Crippen molar-refractivity contribution in [3.63, 3.8) is 0 Å². The molecule has 2 N–H and O–H groups in total. The highest BCUT2D eigenvalue weighted by Crippen LogP contribution is 2.26. The fraction of sp³-hybridized carbons (Fsp3) is 0.625. The monoisotopic (exact) mass is 288 g/mol. The summed E-state index contributed by atoms with van der Waals surface area (Å²) in [7, 11) is 0. The Bertz CT molecular complexity index is 470. The quantitative estimate of drug-likeness (QED) is 0.896. The number of piperazine rings is 1. The maximum Gasteiger partial charge on any atom is 0.225 e. The minimum atomic E-state index is 0.169. The Morgan fingerprint density at radius 3 is 2.67 bits per heavy atom. The number of nitrogens with two attached hydrogens (primary N) is 1. The molecule has 2 heterocycles. The average Bonchev–Trinajstić information content (AvgIpc) is 2.95. The standard InChI is InChI=1S/C16H24N4O/c17-14-5-4-13(11-14)16(21)20-9-7-19(8-10-20)12-15-3-1-2-6-18-15/h1-3,6,13-14H,4-5,7-12,17H2/t13-,14-/m0/s1. The van der Waals surface area contributed by atoms with E-state index in [1.54, 1.807) is 0 Å². The molecule has 0 aromatic carbocycles. The number of hydrogen-bond donors (Lipinski definition) is 1. The van der Waals surface area contributed by atoms with Crippen molar-refractivity contribution < 1.29 is 4.79 Å². The van der Waals surface area contributed by atoms with E-state index >= 15 is 0 Å². The highest BCUT2D eigenvalue weighted by molar-refractivity contribution is 5.79. The van der Waals surface area contributed by atoms with E-state index in [9.17, 15) is 4.79 Å². The first-order valence-corrected chi connectivity index (χ1v) is 7.89. The van der Waals surface area contributed by atoms with Crippen LogP contribution < -0.4 is 5.73 Å². The van der Waals surface area contributed by atoms with Gasteiger partial charge in [0.25, 0.3) is 0 Å². The number of carbonyl (C=O) groups is 1. The zero-order valence-corrected chi connectivity index (χ0v) is 12.4. The largest absolute Gasteiger partial charge is 0.340 e. The van der Waals surface area contributed by atoms with E-state index in [-0.39, 0.29) is 12.0 Å². The molecule has 2 atom stereocenters. The molecule has 2 fully saturated rings. The van der Waals surface area contributed by atoms with E-state index in [0.717, 1.165) is 57.7 Å². The van der Waals surface area contributed by atoms with Gasteiger partial charge in [-0.1, -0.05) is 6.07 Å². The lowest BCUT2D eigenvalue weighted by Gasteiger charge is -2.35. The maximum absolute atomic E-state index is 12.5.